The highest BCUT2D eigenvalue weighted by molar-refractivity contribution is 5.96. The third kappa shape index (κ3) is 2.96. The highest BCUT2D eigenvalue weighted by Crippen LogP contribution is 2.20. The van der Waals surface area contributed by atoms with E-state index in [2.05, 4.69) is 0 Å². The van der Waals surface area contributed by atoms with E-state index in [1.807, 2.05) is 31.2 Å². The van der Waals surface area contributed by atoms with Crippen molar-refractivity contribution in [2.75, 3.05) is 7.05 Å². The van der Waals surface area contributed by atoms with Gasteiger partial charge in [0.1, 0.15) is 11.6 Å². The van der Waals surface area contributed by atoms with Crippen LogP contribution in [0.1, 0.15) is 21.5 Å². The molecule has 0 aromatic heterocycles. The number of aromatic hydroxyl groups is 1. The fourth-order valence-electron chi connectivity index (χ4n) is 2.00. The summed E-state index contributed by atoms with van der Waals surface area (Å²) in [5, 5.41) is 9.66. The van der Waals surface area contributed by atoms with Crippen LogP contribution >= 0.6 is 0 Å². The minimum Gasteiger partial charge on any atom is -0.507 e. The highest BCUT2D eigenvalue weighted by atomic mass is 19.1. The zero-order valence-corrected chi connectivity index (χ0v) is 11.4. The van der Waals surface area contributed by atoms with Crippen LogP contribution in [0, 0.1) is 12.7 Å². The maximum absolute atomic E-state index is 13.2. The Hall–Kier alpha value is -2.36. The van der Waals surface area contributed by atoms with Crippen molar-refractivity contribution >= 4 is 5.91 Å². The molecule has 0 aliphatic carbocycles. The van der Waals surface area contributed by atoms with Gasteiger partial charge in [-0.1, -0.05) is 24.3 Å². The molecule has 0 bridgehead atoms. The first-order valence-corrected chi connectivity index (χ1v) is 6.27. The fourth-order valence-corrected chi connectivity index (χ4v) is 2.00. The van der Waals surface area contributed by atoms with Gasteiger partial charge in [0.2, 0.25) is 0 Å². The van der Waals surface area contributed by atoms with Crippen LogP contribution < -0.4 is 0 Å². The average molecular weight is 273 g/mol. The number of aryl methyl sites for hydroxylation is 1. The lowest BCUT2D eigenvalue weighted by atomic mass is 10.1. The maximum atomic E-state index is 13.2. The molecule has 0 unspecified atom stereocenters. The van der Waals surface area contributed by atoms with Gasteiger partial charge in [-0.15, -0.1) is 0 Å². The van der Waals surface area contributed by atoms with Crippen LogP contribution in [0.5, 0.6) is 5.75 Å². The number of rotatable bonds is 3. The lowest BCUT2D eigenvalue weighted by Gasteiger charge is -2.19. The Balaban J connectivity index is 2.21. The smallest absolute Gasteiger partial charge is 0.257 e. The molecule has 4 heteroatoms. The number of nitrogens with zero attached hydrogens (tertiary/aromatic N) is 1. The number of phenols is 1. The van der Waals surface area contributed by atoms with E-state index in [0.717, 1.165) is 23.3 Å². The lowest BCUT2D eigenvalue weighted by molar-refractivity contribution is 0.0781. The highest BCUT2D eigenvalue weighted by Gasteiger charge is 2.17. The number of carbonyl (C=O) groups excluding carboxylic acids is 1. The van der Waals surface area contributed by atoms with E-state index in [1.54, 1.807) is 7.05 Å². The van der Waals surface area contributed by atoms with Gasteiger partial charge in [-0.3, -0.25) is 4.79 Å². The minimum absolute atomic E-state index is 0.0268. The lowest BCUT2D eigenvalue weighted by Crippen LogP contribution is -2.26. The average Bonchev–Trinajstić information content (AvgIpc) is 2.43. The molecule has 2 aromatic rings. The first-order chi connectivity index (χ1) is 9.49. The molecule has 0 atom stereocenters. The van der Waals surface area contributed by atoms with Gasteiger partial charge in [-0.05, 0) is 36.2 Å². The van der Waals surface area contributed by atoms with Gasteiger partial charge >= 0.3 is 0 Å². The molecular weight excluding hydrogens is 257 g/mol. The fraction of sp³-hybridized carbons (Fsp3) is 0.188. The van der Waals surface area contributed by atoms with Crippen molar-refractivity contribution in [3.8, 4) is 5.75 Å². The number of halogens is 1. The van der Waals surface area contributed by atoms with Gasteiger partial charge in [0.15, 0.2) is 0 Å². The number of carbonyl (C=O) groups is 1. The SMILES string of the molecule is Cc1ccccc1CN(C)C(=O)c1cc(F)ccc1O. The van der Waals surface area contributed by atoms with Crippen LogP contribution in [0.2, 0.25) is 0 Å². The number of hydrogen-bond donors (Lipinski definition) is 1. The van der Waals surface area contributed by atoms with Crippen LogP contribution in [0.4, 0.5) is 4.39 Å². The molecule has 2 rings (SSSR count). The second-order valence-corrected chi connectivity index (χ2v) is 4.75. The molecule has 104 valence electrons. The quantitative estimate of drug-likeness (QED) is 0.933. The van der Waals surface area contributed by atoms with E-state index < -0.39 is 11.7 Å². The molecule has 0 spiro atoms. The molecular formula is C16H16FNO2. The summed E-state index contributed by atoms with van der Waals surface area (Å²) in [7, 11) is 1.62. The summed E-state index contributed by atoms with van der Waals surface area (Å²) in [6.07, 6.45) is 0. The first-order valence-electron chi connectivity index (χ1n) is 6.27. The molecule has 0 saturated heterocycles. The molecule has 1 amide bonds. The second-order valence-electron chi connectivity index (χ2n) is 4.75. The Bertz CT molecular complexity index is 640. The van der Waals surface area contributed by atoms with Crippen molar-refractivity contribution in [3.05, 3.63) is 65.0 Å². The monoisotopic (exact) mass is 273 g/mol. The van der Waals surface area contributed by atoms with Crippen LogP contribution in [0.3, 0.4) is 0 Å². The number of phenolic OH excluding ortho intramolecular Hbond substituents is 1. The molecule has 20 heavy (non-hydrogen) atoms. The van der Waals surface area contributed by atoms with Crippen LogP contribution in [-0.4, -0.2) is 23.0 Å². The van der Waals surface area contributed by atoms with Crippen molar-refractivity contribution in [3.63, 3.8) is 0 Å². The van der Waals surface area contributed by atoms with E-state index in [4.69, 9.17) is 0 Å². The van der Waals surface area contributed by atoms with E-state index in [-0.39, 0.29) is 11.3 Å². The van der Waals surface area contributed by atoms with Crippen LogP contribution in [0.15, 0.2) is 42.5 Å². The van der Waals surface area contributed by atoms with Gasteiger partial charge in [0.05, 0.1) is 5.56 Å². The molecule has 0 radical (unpaired) electrons. The van der Waals surface area contributed by atoms with Crippen molar-refractivity contribution < 1.29 is 14.3 Å². The minimum atomic E-state index is -0.546. The van der Waals surface area contributed by atoms with Crippen molar-refractivity contribution in [2.45, 2.75) is 13.5 Å². The largest absolute Gasteiger partial charge is 0.507 e. The van der Waals surface area contributed by atoms with Gasteiger partial charge in [-0.25, -0.2) is 4.39 Å². The number of amides is 1. The Kier molecular flexibility index (Phi) is 4.03. The Labute approximate surface area is 117 Å². The zero-order chi connectivity index (χ0) is 14.7. The van der Waals surface area contributed by atoms with Crippen molar-refractivity contribution in [1.29, 1.82) is 0 Å². The summed E-state index contributed by atoms with van der Waals surface area (Å²) in [5.74, 6) is -1.17. The predicted octanol–water partition coefficient (Wildman–Crippen LogP) is 3.11. The van der Waals surface area contributed by atoms with Gasteiger partial charge in [0.25, 0.3) is 5.91 Å². The van der Waals surface area contributed by atoms with E-state index >= 15 is 0 Å². The Morgan fingerprint density at radius 1 is 1.25 bits per heavy atom. The third-order valence-electron chi connectivity index (χ3n) is 3.20. The number of hydrogen-bond acceptors (Lipinski definition) is 2. The maximum Gasteiger partial charge on any atom is 0.257 e. The molecule has 2 aromatic carbocycles. The summed E-state index contributed by atoms with van der Waals surface area (Å²) in [6.45, 7) is 2.37. The topological polar surface area (TPSA) is 40.5 Å². The van der Waals surface area contributed by atoms with Gasteiger partial charge < -0.3 is 10.0 Å². The summed E-state index contributed by atoms with van der Waals surface area (Å²) in [5.41, 5.74) is 2.07. The van der Waals surface area contributed by atoms with Crippen molar-refractivity contribution in [2.24, 2.45) is 0 Å². The first kappa shape index (κ1) is 14.1. The summed E-state index contributed by atoms with van der Waals surface area (Å²) >= 11 is 0. The molecule has 0 aliphatic heterocycles. The van der Waals surface area contributed by atoms with Gasteiger partial charge in [0, 0.05) is 13.6 Å². The molecule has 0 fully saturated rings. The third-order valence-corrected chi connectivity index (χ3v) is 3.20. The van der Waals surface area contributed by atoms with E-state index in [9.17, 15) is 14.3 Å². The molecule has 3 nitrogen and oxygen atoms in total. The Morgan fingerprint density at radius 3 is 2.65 bits per heavy atom. The van der Waals surface area contributed by atoms with E-state index in [1.165, 1.54) is 11.0 Å². The standard InChI is InChI=1S/C16H16FNO2/c1-11-5-3-4-6-12(11)10-18(2)16(20)14-9-13(17)7-8-15(14)19/h3-9,19H,10H2,1-2H3. The van der Waals surface area contributed by atoms with Crippen molar-refractivity contribution in [1.82, 2.24) is 4.90 Å². The van der Waals surface area contributed by atoms with E-state index in [0.29, 0.717) is 6.54 Å². The van der Waals surface area contributed by atoms with Gasteiger partial charge in [-0.2, -0.15) is 0 Å². The number of benzene rings is 2. The van der Waals surface area contributed by atoms with Crippen LogP contribution in [0.25, 0.3) is 0 Å². The summed E-state index contributed by atoms with van der Waals surface area (Å²) in [6, 6.07) is 11.1. The Morgan fingerprint density at radius 2 is 1.95 bits per heavy atom. The van der Waals surface area contributed by atoms with Crippen LogP contribution in [-0.2, 0) is 6.54 Å². The molecule has 0 aliphatic rings. The summed E-state index contributed by atoms with van der Waals surface area (Å²) < 4.78 is 13.2. The zero-order valence-electron chi connectivity index (χ0n) is 11.4. The second kappa shape index (κ2) is 5.74. The summed E-state index contributed by atoms with van der Waals surface area (Å²) in [4.78, 5) is 13.7. The predicted molar refractivity (Wildman–Crippen MR) is 75.0 cm³/mol. The molecule has 1 N–H and O–H groups in total. The molecule has 0 heterocycles. The molecule has 0 saturated carbocycles. The normalized spacial score (nSPS) is 10.3.